The molecule has 0 bridgehead atoms. The van der Waals surface area contributed by atoms with Gasteiger partial charge in [-0.3, -0.25) is 9.59 Å². The van der Waals surface area contributed by atoms with Crippen molar-refractivity contribution in [3.63, 3.8) is 0 Å². The van der Waals surface area contributed by atoms with Crippen LogP contribution in [0.15, 0.2) is 46.8 Å². The summed E-state index contributed by atoms with van der Waals surface area (Å²) >= 11 is 2.43. The van der Waals surface area contributed by atoms with Crippen LogP contribution < -0.4 is 5.32 Å². The maximum absolute atomic E-state index is 12.3. The summed E-state index contributed by atoms with van der Waals surface area (Å²) in [6.07, 6.45) is 0.0657. The lowest BCUT2D eigenvalue weighted by Gasteiger charge is -2.07. The number of nitrogens with zero attached hydrogens (tertiary/aromatic N) is 3. The number of pyridine rings is 1. The molecule has 2 heterocycles. The van der Waals surface area contributed by atoms with Crippen LogP contribution in [0.1, 0.15) is 23.7 Å². The summed E-state index contributed by atoms with van der Waals surface area (Å²) in [6, 6.07) is 13.6. The number of thiazole rings is 1. The van der Waals surface area contributed by atoms with Crippen LogP contribution in [0.4, 0.5) is 5.13 Å². The molecule has 3 rings (SSSR count). The summed E-state index contributed by atoms with van der Waals surface area (Å²) in [6.45, 7) is 4.07. The molecule has 0 aliphatic heterocycles. The van der Waals surface area contributed by atoms with Gasteiger partial charge in [-0.2, -0.15) is 5.26 Å². The van der Waals surface area contributed by atoms with Crippen LogP contribution in [0.5, 0.6) is 0 Å². The largest absolute Gasteiger partial charge is 0.466 e. The molecule has 0 unspecified atom stereocenters. The smallest absolute Gasteiger partial charge is 0.311 e. The van der Waals surface area contributed by atoms with Gasteiger partial charge in [0.2, 0.25) is 5.91 Å². The van der Waals surface area contributed by atoms with Gasteiger partial charge in [0.25, 0.3) is 0 Å². The SMILES string of the molecule is CCOC(=O)Cc1csc(NC(=O)CSc2nc(-c3ccc(C)cc3)ccc2C#N)n1. The van der Waals surface area contributed by atoms with Gasteiger partial charge < -0.3 is 10.1 Å². The molecule has 1 aromatic carbocycles. The Morgan fingerprint density at radius 1 is 1.19 bits per heavy atom. The predicted octanol–water partition coefficient (Wildman–Crippen LogP) is 4.22. The number of rotatable bonds is 8. The van der Waals surface area contributed by atoms with Crippen LogP contribution in [0.3, 0.4) is 0 Å². The van der Waals surface area contributed by atoms with Crippen LogP contribution in [0, 0.1) is 18.3 Å². The number of anilines is 1. The van der Waals surface area contributed by atoms with E-state index in [1.807, 2.05) is 31.2 Å². The van der Waals surface area contributed by atoms with E-state index in [9.17, 15) is 14.9 Å². The molecule has 0 spiro atoms. The predicted molar refractivity (Wildman–Crippen MR) is 121 cm³/mol. The summed E-state index contributed by atoms with van der Waals surface area (Å²) in [5, 5.41) is 14.7. The minimum Gasteiger partial charge on any atom is -0.466 e. The number of esters is 1. The number of carbonyl (C=O) groups is 2. The van der Waals surface area contributed by atoms with E-state index in [0.29, 0.717) is 28.0 Å². The van der Waals surface area contributed by atoms with Gasteiger partial charge in [-0.1, -0.05) is 41.6 Å². The Kier molecular flexibility index (Phi) is 7.76. The van der Waals surface area contributed by atoms with E-state index >= 15 is 0 Å². The molecule has 7 nitrogen and oxygen atoms in total. The third-order valence-corrected chi connectivity index (χ3v) is 5.89. The van der Waals surface area contributed by atoms with Crippen molar-refractivity contribution in [1.29, 1.82) is 5.26 Å². The number of amides is 1. The summed E-state index contributed by atoms with van der Waals surface area (Å²) in [5.41, 5.74) is 3.80. The first-order valence-electron chi connectivity index (χ1n) is 9.49. The number of nitriles is 1. The highest BCUT2D eigenvalue weighted by Gasteiger charge is 2.13. The van der Waals surface area contributed by atoms with E-state index in [4.69, 9.17) is 4.74 Å². The van der Waals surface area contributed by atoms with Crippen LogP contribution in [-0.2, 0) is 20.7 Å². The number of thioether (sulfide) groups is 1. The molecule has 0 saturated carbocycles. The third kappa shape index (κ3) is 6.38. The van der Waals surface area contributed by atoms with Gasteiger partial charge in [-0.25, -0.2) is 9.97 Å². The maximum Gasteiger partial charge on any atom is 0.311 e. The topological polar surface area (TPSA) is 105 Å². The van der Waals surface area contributed by atoms with Gasteiger partial charge in [0, 0.05) is 10.9 Å². The van der Waals surface area contributed by atoms with Gasteiger partial charge >= 0.3 is 5.97 Å². The molecule has 1 amide bonds. The number of benzene rings is 1. The van der Waals surface area contributed by atoms with E-state index in [-0.39, 0.29) is 24.1 Å². The van der Waals surface area contributed by atoms with Gasteiger partial charge in [-0.05, 0) is 26.0 Å². The van der Waals surface area contributed by atoms with E-state index in [1.165, 1.54) is 23.1 Å². The zero-order valence-corrected chi connectivity index (χ0v) is 18.7. The average molecular weight is 453 g/mol. The molecule has 31 heavy (non-hydrogen) atoms. The van der Waals surface area contributed by atoms with Crippen molar-refractivity contribution in [3.8, 4) is 17.3 Å². The number of carbonyl (C=O) groups excluding carboxylic acids is 2. The molecule has 158 valence electrons. The fourth-order valence-corrected chi connectivity index (χ4v) is 4.11. The number of hydrogen-bond acceptors (Lipinski definition) is 8. The highest BCUT2D eigenvalue weighted by Crippen LogP contribution is 2.26. The molecule has 3 aromatic rings. The van der Waals surface area contributed by atoms with Gasteiger partial charge in [0.05, 0.1) is 35.7 Å². The normalized spacial score (nSPS) is 10.4. The highest BCUT2D eigenvalue weighted by molar-refractivity contribution is 8.00. The van der Waals surface area contributed by atoms with Crippen molar-refractivity contribution in [1.82, 2.24) is 9.97 Å². The number of aryl methyl sites for hydroxylation is 1. The molecule has 0 radical (unpaired) electrons. The van der Waals surface area contributed by atoms with Crippen molar-refractivity contribution < 1.29 is 14.3 Å². The van der Waals surface area contributed by atoms with E-state index < -0.39 is 0 Å². The third-order valence-electron chi connectivity index (χ3n) is 4.10. The van der Waals surface area contributed by atoms with Gasteiger partial charge in [-0.15, -0.1) is 11.3 Å². The molecular weight excluding hydrogens is 432 g/mol. The zero-order chi connectivity index (χ0) is 22.2. The molecule has 0 aliphatic rings. The van der Waals surface area contributed by atoms with E-state index in [2.05, 4.69) is 21.4 Å². The molecule has 0 aliphatic carbocycles. The molecule has 9 heteroatoms. The Morgan fingerprint density at radius 3 is 2.68 bits per heavy atom. The summed E-state index contributed by atoms with van der Waals surface area (Å²) in [5.74, 6) is -0.551. The molecule has 2 aromatic heterocycles. The monoisotopic (exact) mass is 452 g/mol. The Labute approximate surface area is 188 Å². The minimum atomic E-state index is -0.357. The lowest BCUT2D eigenvalue weighted by Crippen LogP contribution is -2.14. The van der Waals surface area contributed by atoms with E-state index in [0.717, 1.165) is 16.8 Å². The molecule has 1 N–H and O–H groups in total. The zero-order valence-electron chi connectivity index (χ0n) is 17.0. The number of hydrogen-bond donors (Lipinski definition) is 1. The van der Waals surface area contributed by atoms with Crippen molar-refractivity contribution in [3.05, 3.63) is 58.6 Å². The minimum absolute atomic E-state index is 0.0657. The first-order valence-corrected chi connectivity index (χ1v) is 11.4. The summed E-state index contributed by atoms with van der Waals surface area (Å²) < 4.78 is 4.89. The lowest BCUT2D eigenvalue weighted by molar-refractivity contribution is -0.142. The second-order valence-electron chi connectivity index (χ2n) is 6.49. The number of nitrogens with one attached hydrogen (secondary N) is 1. The second-order valence-corrected chi connectivity index (χ2v) is 8.31. The van der Waals surface area contributed by atoms with Gasteiger partial charge in [0.1, 0.15) is 11.1 Å². The van der Waals surface area contributed by atoms with E-state index in [1.54, 1.807) is 24.4 Å². The molecule has 0 atom stereocenters. The van der Waals surface area contributed by atoms with Crippen LogP contribution in [0.2, 0.25) is 0 Å². The molecular formula is C22H20N4O3S2. The Balaban J connectivity index is 1.62. The fraction of sp³-hybridized carbons (Fsp3) is 0.227. The second kappa shape index (κ2) is 10.7. The molecule has 0 saturated heterocycles. The Morgan fingerprint density at radius 2 is 1.97 bits per heavy atom. The fourth-order valence-electron chi connectivity index (χ4n) is 2.62. The maximum atomic E-state index is 12.3. The first-order chi connectivity index (χ1) is 15.0. The van der Waals surface area contributed by atoms with Crippen molar-refractivity contribution in [2.75, 3.05) is 17.7 Å². The van der Waals surface area contributed by atoms with Crippen molar-refractivity contribution in [2.24, 2.45) is 0 Å². The van der Waals surface area contributed by atoms with Crippen molar-refractivity contribution >= 4 is 40.1 Å². The first kappa shape index (κ1) is 22.5. The standard InChI is InChI=1S/C22H20N4O3S2/c1-3-29-20(28)10-17-12-31-22(24-17)26-19(27)13-30-21-16(11-23)8-9-18(25-21)15-6-4-14(2)5-7-15/h4-9,12H,3,10,13H2,1-2H3,(H,24,26,27). The quantitative estimate of drug-likeness (QED) is 0.403. The average Bonchev–Trinajstić information content (AvgIpc) is 3.19. The van der Waals surface area contributed by atoms with Crippen LogP contribution in [0.25, 0.3) is 11.3 Å². The number of ether oxygens (including phenoxy) is 1. The summed E-state index contributed by atoms with van der Waals surface area (Å²) in [4.78, 5) is 32.7. The van der Waals surface area contributed by atoms with Gasteiger partial charge in [0.15, 0.2) is 5.13 Å². The van der Waals surface area contributed by atoms with Crippen LogP contribution >= 0.6 is 23.1 Å². The van der Waals surface area contributed by atoms with Crippen molar-refractivity contribution in [2.45, 2.75) is 25.3 Å². The molecule has 0 fully saturated rings. The Hall–Kier alpha value is -3.22. The summed E-state index contributed by atoms with van der Waals surface area (Å²) in [7, 11) is 0. The number of aromatic nitrogens is 2. The lowest BCUT2D eigenvalue weighted by atomic mass is 10.1. The highest BCUT2D eigenvalue weighted by atomic mass is 32.2. The Bertz CT molecular complexity index is 1120. The van der Waals surface area contributed by atoms with Crippen LogP contribution in [-0.4, -0.2) is 34.2 Å².